The molecule has 0 saturated heterocycles. The van der Waals surface area contributed by atoms with E-state index in [-0.39, 0.29) is 5.56 Å². The molecule has 4 heterocycles. The highest BCUT2D eigenvalue weighted by Crippen LogP contribution is 2.35. The molecule has 0 fully saturated rings. The van der Waals surface area contributed by atoms with Crippen molar-refractivity contribution < 1.29 is 0 Å². The van der Waals surface area contributed by atoms with E-state index in [4.69, 9.17) is 9.97 Å². The summed E-state index contributed by atoms with van der Waals surface area (Å²) in [7, 11) is 0. The number of benzene rings is 1. The van der Waals surface area contributed by atoms with Gasteiger partial charge in [0.1, 0.15) is 10.5 Å². The van der Waals surface area contributed by atoms with E-state index in [0.717, 1.165) is 57.2 Å². The maximum Gasteiger partial charge on any atom is 0.263 e. The second-order valence-electron chi connectivity index (χ2n) is 8.58. The van der Waals surface area contributed by atoms with Crippen LogP contribution in [0.3, 0.4) is 0 Å². The van der Waals surface area contributed by atoms with E-state index in [2.05, 4.69) is 35.7 Å². The van der Waals surface area contributed by atoms with Crippen LogP contribution in [0.4, 0.5) is 0 Å². The molecule has 6 rings (SSSR count). The zero-order valence-corrected chi connectivity index (χ0v) is 20.1. The highest BCUT2D eigenvalue weighted by molar-refractivity contribution is 7.98. The Bertz CT molecular complexity index is 1530. The smallest absolute Gasteiger partial charge is 0.263 e. The number of aromatic nitrogens is 4. The quantitative estimate of drug-likeness (QED) is 0.246. The molecule has 7 heteroatoms. The van der Waals surface area contributed by atoms with E-state index in [9.17, 15) is 4.79 Å². The summed E-state index contributed by atoms with van der Waals surface area (Å²) >= 11 is 3.31. The minimum atomic E-state index is 0.0941. The molecule has 1 aromatic carbocycles. The van der Waals surface area contributed by atoms with Crippen molar-refractivity contribution in [3.8, 4) is 0 Å². The van der Waals surface area contributed by atoms with Gasteiger partial charge >= 0.3 is 0 Å². The first-order valence-corrected chi connectivity index (χ1v) is 13.1. The van der Waals surface area contributed by atoms with E-state index in [1.807, 2.05) is 34.9 Å². The molecule has 0 saturated carbocycles. The topological polar surface area (TPSA) is 52.2 Å². The minimum absolute atomic E-state index is 0.0941. The summed E-state index contributed by atoms with van der Waals surface area (Å²) in [5, 5.41) is 1.61. The maximum atomic E-state index is 13.8. The normalized spacial score (nSPS) is 13.6. The summed E-state index contributed by atoms with van der Waals surface area (Å²) < 4.78 is 3.97. The molecule has 0 radical (unpaired) electrons. The van der Waals surface area contributed by atoms with Gasteiger partial charge in [-0.2, -0.15) is 0 Å². The molecule has 5 aromatic rings. The van der Waals surface area contributed by atoms with Gasteiger partial charge in [-0.15, -0.1) is 11.3 Å². The third-order valence-corrected chi connectivity index (χ3v) is 8.51. The molecule has 1 aliphatic rings. The van der Waals surface area contributed by atoms with Crippen molar-refractivity contribution >= 4 is 39.0 Å². The summed E-state index contributed by atoms with van der Waals surface area (Å²) in [6.07, 6.45) is 6.50. The summed E-state index contributed by atoms with van der Waals surface area (Å²) in [4.78, 5) is 25.8. The van der Waals surface area contributed by atoms with Gasteiger partial charge in [0.15, 0.2) is 5.16 Å². The molecule has 0 unspecified atom stereocenters. The minimum Gasteiger partial charge on any atom is -0.304 e. The molecule has 0 aliphatic heterocycles. The Hall–Kier alpha value is -2.90. The summed E-state index contributed by atoms with van der Waals surface area (Å²) in [6.45, 7) is 2.61. The largest absolute Gasteiger partial charge is 0.304 e. The highest BCUT2D eigenvalue weighted by Gasteiger charge is 2.22. The lowest BCUT2D eigenvalue weighted by molar-refractivity contribution is 0.656. The van der Waals surface area contributed by atoms with Gasteiger partial charge in [-0.3, -0.25) is 9.36 Å². The number of rotatable bonds is 5. The van der Waals surface area contributed by atoms with Crippen molar-refractivity contribution in [2.45, 2.75) is 50.1 Å². The lowest BCUT2D eigenvalue weighted by atomic mass is 9.97. The van der Waals surface area contributed by atoms with E-state index in [0.29, 0.717) is 12.3 Å². The van der Waals surface area contributed by atoms with E-state index in [1.54, 1.807) is 23.1 Å². The fraction of sp³-hybridized carbons (Fsp3) is 0.269. The van der Waals surface area contributed by atoms with Gasteiger partial charge in [0.05, 0.1) is 17.6 Å². The molecular formula is C26H24N4OS2. The third kappa shape index (κ3) is 3.79. The zero-order chi connectivity index (χ0) is 22.4. The number of hydrogen-bond acceptors (Lipinski definition) is 5. The van der Waals surface area contributed by atoms with Gasteiger partial charge in [0.2, 0.25) is 0 Å². The first-order valence-electron chi connectivity index (χ1n) is 11.3. The van der Waals surface area contributed by atoms with Crippen LogP contribution in [0.5, 0.6) is 0 Å². The Morgan fingerprint density at radius 1 is 1.03 bits per heavy atom. The molecule has 0 atom stereocenters. The fourth-order valence-corrected chi connectivity index (χ4v) is 6.83. The number of thioether (sulfide) groups is 1. The van der Waals surface area contributed by atoms with Crippen molar-refractivity contribution in [2.75, 3.05) is 0 Å². The number of pyridine rings is 1. The van der Waals surface area contributed by atoms with Crippen LogP contribution in [0, 0.1) is 6.92 Å². The third-order valence-electron chi connectivity index (χ3n) is 6.32. The van der Waals surface area contributed by atoms with Crippen molar-refractivity contribution in [1.82, 2.24) is 18.9 Å². The first-order chi connectivity index (χ1) is 16.2. The van der Waals surface area contributed by atoms with Crippen LogP contribution in [0.1, 0.15) is 40.2 Å². The van der Waals surface area contributed by atoms with Crippen LogP contribution in [-0.4, -0.2) is 18.9 Å². The molecule has 166 valence electrons. The van der Waals surface area contributed by atoms with Crippen LogP contribution in [0.2, 0.25) is 0 Å². The second kappa shape index (κ2) is 8.47. The molecule has 0 amide bonds. The second-order valence-corrected chi connectivity index (χ2v) is 10.6. The number of fused-ring (bicyclic) bond motifs is 4. The van der Waals surface area contributed by atoms with Crippen molar-refractivity contribution in [3.63, 3.8) is 0 Å². The summed E-state index contributed by atoms with van der Waals surface area (Å²) in [5.41, 5.74) is 5.53. The van der Waals surface area contributed by atoms with Gasteiger partial charge in [-0.05, 0) is 55.9 Å². The van der Waals surface area contributed by atoms with Crippen molar-refractivity contribution in [2.24, 2.45) is 0 Å². The lowest BCUT2D eigenvalue weighted by Crippen LogP contribution is -2.24. The number of imidazole rings is 1. The average molecular weight is 473 g/mol. The number of thiophene rings is 1. The van der Waals surface area contributed by atoms with Gasteiger partial charge in [-0.25, -0.2) is 9.97 Å². The predicted octanol–water partition coefficient (Wildman–Crippen LogP) is 5.63. The Morgan fingerprint density at radius 2 is 1.88 bits per heavy atom. The molecule has 0 bridgehead atoms. The van der Waals surface area contributed by atoms with Gasteiger partial charge < -0.3 is 4.40 Å². The molecule has 0 N–H and O–H groups in total. The Morgan fingerprint density at radius 3 is 2.73 bits per heavy atom. The monoisotopic (exact) mass is 472 g/mol. The van der Waals surface area contributed by atoms with Crippen molar-refractivity contribution in [3.05, 3.63) is 92.5 Å². The van der Waals surface area contributed by atoms with E-state index in [1.165, 1.54) is 16.9 Å². The number of aryl methyl sites for hydroxylation is 3. The average Bonchev–Trinajstić information content (AvgIpc) is 3.42. The van der Waals surface area contributed by atoms with Crippen LogP contribution in [0.15, 0.2) is 64.7 Å². The van der Waals surface area contributed by atoms with Crippen molar-refractivity contribution in [1.29, 1.82) is 0 Å². The molecule has 4 aromatic heterocycles. The standard InChI is InChI=1S/C26H24N4OS2/c1-17-8-7-13-22-27-19(15-29(17)22)16-32-26-28-24-23(20-11-5-6-12-21(20)33-24)25(31)30(26)14-18-9-3-2-4-10-18/h2-4,7-10,13,15H,5-6,11-12,14,16H2,1H3. The predicted molar refractivity (Wildman–Crippen MR) is 136 cm³/mol. The number of nitrogens with zero attached hydrogens (tertiary/aromatic N) is 4. The van der Waals surface area contributed by atoms with Gasteiger partial charge in [0, 0.05) is 22.5 Å². The number of hydrogen-bond donors (Lipinski definition) is 0. The SMILES string of the molecule is Cc1cccc2nc(CSc3nc4sc5c(c4c(=O)n3Cc3ccccc3)CCCC5)cn12. The summed E-state index contributed by atoms with van der Waals surface area (Å²) in [5.74, 6) is 0.666. The lowest BCUT2D eigenvalue weighted by Gasteiger charge is -2.13. The zero-order valence-electron chi connectivity index (χ0n) is 18.5. The van der Waals surface area contributed by atoms with Gasteiger partial charge in [-0.1, -0.05) is 48.2 Å². The Balaban J connectivity index is 1.42. The van der Waals surface area contributed by atoms with Crippen LogP contribution in [-0.2, 0) is 25.1 Å². The molecule has 5 nitrogen and oxygen atoms in total. The Kier molecular flexibility index (Phi) is 5.31. The molecule has 0 spiro atoms. The van der Waals surface area contributed by atoms with Crippen LogP contribution >= 0.6 is 23.1 Å². The van der Waals surface area contributed by atoms with E-state index >= 15 is 0 Å². The molecule has 1 aliphatic carbocycles. The maximum absolute atomic E-state index is 13.8. The highest BCUT2D eigenvalue weighted by atomic mass is 32.2. The summed E-state index contributed by atoms with van der Waals surface area (Å²) in [6, 6.07) is 16.3. The van der Waals surface area contributed by atoms with Crippen LogP contribution in [0.25, 0.3) is 15.9 Å². The first kappa shape index (κ1) is 20.7. The van der Waals surface area contributed by atoms with Gasteiger partial charge in [0.25, 0.3) is 5.56 Å². The molecular weight excluding hydrogens is 448 g/mol. The van der Waals surface area contributed by atoms with E-state index < -0.39 is 0 Å². The Labute approximate surface area is 200 Å². The molecule has 33 heavy (non-hydrogen) atoms. The fourth-order valence-electron chi connectivity index (χ4n) is 4.64. The van der Waals surface area contributed by atoms with Crippen LogP contribution < -0.4 is 5.56 Å².